The number of amides is 1. The summed E-state index contributed by atoms with van der Waals surface area (Å²) in [7, 11) is 0. The molecule has 0 aromatic heterocycles. The maximum absolute atomic E-state index is 13.1. The summed E-state index contributed by atoms with van der Waals surface area (Å²) < 4.78 is 0.0772. The van der Waals surface area contributed by atoms with Gasteiger partial charge in [-0.05, 0) is 38.5 Å². The number of hydrogen-bond acceptors (Lipinski definition) is 2. The van der Waals surface area contributed by atoms with Crippen molar-refractivity contribution in [1.29, 1.82) is 0 Å². The minimum absolute atomic E-state index is 0.0772. The van der Waals surface area contributed by atoms with E-state index in [9.17, 15) is 10.0 Å². The van der Waals surface area contributed by atoms with Gasteiger partial charge in [-0.1, -0.05) is 0 Å². The number of carbonyl (C=O) groups excluding carboxylic acids is 1. The Morgan fingerprint density at radius 3 is 2.74 bits per heavy atom. The van der Waals surface area contributed by atoms with Gasteiger partial charge in [0.2, 0.25) is 5.91 Å². The first kappa shape index (κ1) is 12.2. The van der Waals surface area contributed by atoms with E-state index in [2.05, 4.69) is 4.90 Å². The lowest BCUT2D eigenvalue weighted by molar-refractivity contribution is -0.925. The van der Waals surface area contributed by atoms with Gasteiger partial charge in [0.1, 0.15) is 0 Å². The maximum Gasteiger partial charge on any atom is 0.222 e. The molecule has 0 saturated carbocycles. The standard InChI is InChI=1S/C15H24N2O2/c18-14-7-1-6-13-12-5-3-9-17(19)8-2-4-11(15(12)17)10-16(13)14/h11-13,15H,1-10H2/t11?,12?,13-,15?,17?/m1/s1. The zero-order chi connectivity index (χ0) is 13.0. The number of nitrogens with zero attached hydrogens (tertiary/aromatic N) is 2. The van der Waals surface area contributed by atoms with Gasteiger partial charge >= 0.3 is 0 Å². The summed E-state index contributed by atoms with van der Waals surface area (Å²) in [5.74, 6) is 1.33. The van der Waals surface area contributed by atoms with E-state index in [4.69, 9.17) is 0 Å². The normalized spacial score (nSPS) is 49.5. The summed E-state index contributed by atoms with van der Waals surface area (Å²) in [6.45, 7) is 2.55. The molecule has 4 rings (SSSR count). The van der Waals surface area contributed by atoms with Crippen LogP contribution < -0.4 is 0 Å². The molecule has 0 aliphatic carbocycles. The number of piperidine rings is 4. The fourth-order valence-corrected chi connectivity index (χ4v) is 5.55. The molecule has 4 heteroatoms. The highest BCUT2D eigenvalue weighted by molar-refractivity contribution is 5.77. The molecule has 4 aliphatic heterocycles. The number of carbonyl (C=O) groups is 1. The average molecular weight is 264 g/mol. The molecular formula is C15H24N2O2. The van der Waals surface area contributed by atoms with Crippen molar-refractivity contribution in [3.8, 4) is 0 Å². The van der Waals surface area contributed by atoms with Crippen LogP contribution in [0.3, 0.4) is 0 Å². The molecular weight excluding hydrogens is 240 g/mol. The molecule has 4 heterocycles. The van der Waals surface area contributed by atoms with Gasteiger partial charge in [-0.3, -0.25) is 4.79 Å². The second kappa shape index (κ2) is 4.19. The fraction of sp³-hybridized carbons (Fsp3) is 0.933. The van der Waals surface area contributed by atoms with Gasteiger partial charge in [-0.15, -0.1) is 0 Å². The molecule has 0 bridgehead atoms. The minimum Gasteiger partial charge on any atom is -0.633 e. The Morgan fingerprint density at radius 1 is 1.11 bits per heavy atom. The Hall–Kier alpha value is -0.610. The fourth-order valence-electron chi connectivity index (χ4n) is 5.55. The average Bonchev–Trinajstić information content (AvgIpc) is 2.40. The summed E-state index contributed by atoms with van der Waals surface area (Å²) in [6, 6.07) is 0.710. The van der Waals surface area contributed by atoms with Gasteiger partial charge in [0.05, 0.1) is 19.1 Å². The smallest absolute Gasteiger partial charge is 0.222 e. The molecule has 4 aliphatic rings. The van der Waals surface area contributed by atoms with Crippen molar-refractivity contribution in [3.05, 3.63) is 5.21 Å². The van der Waals surface area contributed by atoms with E-state index >= 15 is 0 Å². The van der Waals surface area contributed by atoms with E-state index in [0.29, 0.717) is 29.8 Å². The van der Waals surface area contributed by atoms with Crippen molar-refractivity contribution in [2.24, 2.45) is 11.8 Å². The molecule has 106 valence electrons. The summed E-state index contributed by atoms with van der Waals surface area (Å²) in [5.41, 5.74) is 0. The van der Waals surface area contributed by atoms with Crippen molar-refractivity contribution >= 4 is 5.91 Å². The molecule has 4 nitrogen and oxygen atoms in total. The zero-order valence-electron chi connectivity index (χ0n) is 11.6. The van der Waals surface area contributed by atoms with Crippen LogP contribution in [0.25, 0.3) is 0 Å². The van der Waals surface area contributed by atoms with E-state index in [-0.39, 0.29) is 4.65 Å². The minimum atomic E-state index is 0.0772. The highest BCUT2D eigenvalue weighted by Crippen LogP contribution is 2.47. The first-order chi connectivity index (χ1) is 9.19. The Balaban J connectivity index is 1.69. The van der Waals surface area contributed by atoms with E-state index in [1.165, 1.54) is 12.8 Å². The number of quaternary nitrogens is 1. The molecule has 5 atom stereocenters. The topological polar surface area (TPSA) is 43.4 Å². The summed E-state index contributed by atoms with van der Waals surface area (Å²) in [6.07, 6.45) is 7.38. The van der Waals surface area contributed by atoms with Crippen LogP contribution in [0.15, 0.2) is 0 Å². The number of rotatable bonds is 0. The molecule has 0 radical (unpaired) electrons. The molecule has 19 heavy (non-hydrogen) atoms. The van der Waals surface area contributed by atoms with Gasteiger partial charge < -0.3 is 14.8 Å². The predicted octanol–water partition coefficient (Wildman–Crippen LogP) is 1.88. The maximum atomic E-state index is 13.1. The van der Waals surface area contributed by atoms with Gasteiger partial charge in [0.15, 0.2) is 0 Å². The van der Waals surface area contributed by atoms with Crippen LogP contribution in [0.2, 0.25) is 0 Å². The first-order valence-corrected chi connectivity index (χ1v) is 8.06. The van der Waals surface area contributed by atoms with Crippen LogP contribution in [-0.4, -0.2) is 47.2 Å². The van der Waals surface area contributed by atoms with Crippen LogP contribution >= 0.6 is 0 Å². The second-order valence-corrected chi connectivity index (χ2v) is 7.10. The van der Waals surface area contributed by atoms with Crippen LogP contribution in [0.5, 0.6) is 0 Å². The Bertz CT molecular complexity index is 396. The van der Waals surface area contributed by atoms with E-state index in [1.54, 1.807) is 0 Å². The summed E-state index contributed by atoms with van der Waals surface area (Å²) in [5, 5.41) is 13.1. The Labute approximate surface area is 114 Å². The van der Waals surface area contributed by atoms with Gasteiger partial charge in [0.25, 0.3) is 0 Å². The van der Waals surface area contributed by atoms with Gasteiger partial charge in [0, 0.05) is 30.8 Å². The largest absolute Gasteiger partial charge is 0.633 e. The SMILES string of the molecule is O=C1CCC[C@@H]2C3CCC[N+]4([O-])CCCC(CN12)C34. The molecule has 1 amide bonds. The van der Waals surface area contributed by atoms with Crippen LogP contribution in [-0.2, 0) is 4.79 Å². The van der Waals surface area contributed by atoms with E-state index in [0.717, 1.165) is 51.7 Å². The Morgan fingerprint density at radius 2 is 1.89 bits per heavy atom. The third-order valence-corrected chi connectivity index (χ3v) is 6.19. The van der Waals surface area contributed by atoms with Gasteiger partial charge in [-0.25, -0.2) is 0 Å². The van der Waals surface area contributed by atoms with E-state index in [1.807, 2.05) is 0 Å². The molecule has 0 N–H and O–H groups in total. The monoisotopic (exact) mass is 264 g/mol. The molecule has 4 saturated heterocycles. The summed E-state index contributed by atoms with van der Waals surface area (Å²) in [4.78, 5) is 14.3. The molecule has 4 unspecified atom stereocenters. The zero-order valence-corrected chi connectivity index (χ0v) is 11.6. The Kier molecular flexibility index (Phi) is 2.68. The van der Waals surface area contributed by atoms with Crippen molar-refractivity contribution in [2.45, 2.75) is 57.0 Å². The second-order valence-electron chi connectivity index (χ2n) is 7.10. The van der Waals surface area contributed by atoms with Crippen LogP contribution in [0.4, 0.5) is 0 Å². The van der Waals surface area contributed by atoms with Crippen molar-refractivity contribution in [3.63, 3.8) is 0 Å². The van der Waals surface area contributed by atoms with Crippen LogP contribution in [0, 0.1) is 17.0 Å². The third-order valence-electron chi connectivity index (χ3n) is 6.19. The lowest BCUT2D eigenvalue weighted by Crippen LogP contribution is -2.71. The number of fused-ring (bicyclic) bond motifs is 2. The first-order valence-electron chi connectivity index (χ1n) is 8.06. The molecule has 0 spiro atoms. The molecule has 4 fully saturated rings. The van der Waals surface area contributed by atoms with E-state index < -0.39 is 0 Å². The highest BCUT2D eigenvalue weighted by Gasteiger charge is 2.55. The highest BCUT2D eigenvalue weighted by atomic mass is 16.5. The quantitative estimate of drug-likeness (QED) is 0.495. The van der Waals surface area contributed by atoms with Crippen molar-refractivity contribution < 1.29 is 9.44 Å². The lowest BCUT2D eigenvalue weighted by Gasteiger charge is -2.64. The molecule has 0 aromatic rings. The van der Waals surface area contributed by atoms with Crippen molar-refractivity contribution in [1.82, 2.24) is 4.90 Å². The summed E-state index contributed by atoms with van der Waals surface area (Å²) >= 11 is 0. The lowest BCUT2D eigenvalue weighted by atomic mass is 9.67. The molecule has 0 aromatic carbocycles. The third kappa shape index (κ3) is 1.69. The van der Waals surface area contributed by atoms with Crippen LogP contribution in [0.1, 0.15) is 44.9 Å². The number of hydroxylamine groups is 3. The van der Waals surface area contributed by atoms with Gasteiger partial charge in [-0.2, -0.15) is 0 Å². The van der Waals surface area contributed by atoms with Crippen molar-refractivity contribution in [2.75, 3.05) is 19.6 Å². The number of hydrogen-bond donors (Lipinski definition) is 0. The predicted molar refractivity (Wildman–Crippen MR) is 71.9 cm³/mol.